The number of primary amides is 1. The third kappa shape index (κ3) is 5.87. The number of H-pyrrole nitrogens is 1. The van der Waals surface area contributed by atoms with Gasteiger partial charge in [0.15, 0.2) is 0 Å². The number of aromatic nitrogens is 1. The molecule has 11 heteroatoms. The number of rotatable bonds is 8. The van der Waals surface area contributed by atoms with E-state index in [-0.39, 0.29) is 29.9 Å². The molecular weight excluding hydrogens is 433 g/mol. The summed E-state index contributed by atoms with van der Waals surface area (Å²) in [4.78, 5) is 24.9. The number of benzene rings is 1. The van der Waals surface area contributed by atoms with E-state index in [9.17, 15) is 22.8 Å². The number of hydrogen-bond donors (Lipinski definition) is 2. The molecule has 8 nitrogen and oxygen atoms in total. The standard InChI is InChI=1S/C21H23F3N2O6/c1-2-29-8-14-9-30-10-15(32-14)11-31-13-5-3-12(4-6-13)16-7-17(19(25)27)20(28)26-18(16)21(22,23)24/h3-7,14-15H,2,8-11H2,1H3,(H2,25,27)(H,26,28). The molecule has 0 saturated carbocycles. The van der Waals surface area contributed by atoms with Crippen molar-refractivity contribution >= 4 is 5.91 Å². The topological polar surface area (TPSA) is 113 Å². The first kappa shape index (κ1) is 23.8. The van der Waals surface area contributed by atoms with Crippen LogP contribution in [0.2, 0.25) is 0 Å². The molecule has 3 rings (SSSR count). The molecule has 32 heavy (non-hydrogen) atoms. The van der Waals surface area contributed by atoms with Crippen LogP contribution >= 0.6 is 0 Å². The molecule has 1 amide bonds. The fourth-order valence-electron chi connectivity index (χ4n) is 3.19. The average molecular weight is 456 g/mol. The van der Waals surface area contributed by atoms with Crippen LogP contribution in [0.25, 0.3) is 11.1 Å². The Hall–Kier alpha value is -2.89. The number of carbonyl (C=O) groups is 1. The summed E-state index contributed by atoms with van der Waals surface area (Å²) in [6.07, 6.45) is -5.35. The highest BCUT2D eigenvalue weighted by Crippen LogP contribution is 2.35. The SMILES string of the molecule is CCOCC1COCC(COc2ccc(-c3cc(C(N)=O)c(=O)[nH]c3C(F)(F)F)cc2)O1. The molecule has 0 spiro atoms. The maximum Gasteiger partial charge on any atom is 0.431 e. The first-order valence-corrected chi connectivity index (χ1v) is 9.87. The van der Waals surface area contributed by atoms with Crippen molar-refractivity contribution in [2.45, 2.75) is 25.3 Å². The maximum atomic E-state index is 13.4. The summed E-state index contributed by atoms with van der Waals surface area (Å²) in [6, 6.07) is 6.57. The van der Waals surface area contributed by atoms with Crippen molar-refractivity contribution in [3.63, 3.8) is 0 Å². The number of aromatic amines is 1. The summed E-state index contributed by atoms with van der Waals surface area (Å²) in [7, 11) is 0. The summed E-state index contributed by atoms with van der Waals surface area (Å²) in [6.45, 7) is 3.82. The number of carbonyl (C=O) groups excluding carboxylic acids is 1. The molecule has 0 aliphatic carbocycles. The smallest absolute Gasteiger partial charge is 0.431 e. The lowest BCUT2D eigenvalue weighted by Gasteiger charge is -2.29. The minimum absolute atomic E-state index is 0.123. The van der Waals surface area contributed by atoms with Gasteiger partial charge in [-0.1, -0.05) is 12.1 Å². The Morgan fingerprint density at radius 3 is 2.44 bits per heavy atom. The summed E-state index contributed by atoms with van der Waals surface area (Å²) in [5.74, 6) is -0.726. The Morgan fingerprint density at radius 1 is 1.19 bits per heavy atom. The highest BCUT2D eigenvalue weighted by atomic mass is 19.4. The van der Waals surface area contributed by atoms with Gasteiger partial charge in [-0.05, 0) is 30.7 Å². The Kier molecular flexibility index (Phi) is 7.54. The van der Waals surface area contributed by atoms with Gasteiger partial charge in [-0.15, -0.1) is 0 Å². The van der Waals surface area contributed by atoms with Crippen LogP contribution in [-0.4, -0.2) is 56.1 Å². The van der Waals surface area contributed by atoms with E-state index >= 15 is 0 Å². The van der Waals surface area contributed by atoms with Crippen molar-refractivity contribution in [3.05, 3.63) is 51.9 Å². The van der Waals surface area contributed by atoms with Crippen LogP contribution in [0.3, 0.4) is 0 Å². The molecule has 1 aromatic heterocycles. The van der Waals surface area contributed by atoms with E-state index in [2.05, 4.69) is 0 Å². The number of ether oxygens (including phenoxy) is 4. The second-order valence-electron chi connectivity index (χ2n) is 7.08. The summed E-state index contributed by atoms with van der Waals surface area (Å²) in [5, 5.41) is 0. The summed E-state index contributed by atoms with van der Waals surface area (Å²) < 4.78 is 62.6. The Morgan fingerprint density at radius 2 is 1.84 bits per heavy atom. The van der Waals surface area contributed by atoms with E-state index in [0.717, 1.165) is 6.07 Å². The minimum atomic E-state index is -4.84. The Balaban J connectivity index is 1.74. The number of nitrogens with one attached hydrogen (secondary N) is 1. The molecule has 1 aliphatic heterocycles. The predicted molar refractivity (Wildman–Crippen MR) is 107 cm³/mol. The Bertz CT molecular complexity index is 991. The van der Waals surface area contributed by atoms with Crippen LogP contribution in [-0.2, 0) is 20.4 Å². The minimum Gasteiger partial charge on any atom is -0.491 e. The van der Waals surface area contributed by atoms with E-state index in [0.29, 0.717) is 32.2 Å². The van der Waals surface area contributed by atoms with Crippen LogP contribution in [0, 0.1) is 0 Å². The zero-order valence-electron chi connectivity index (χ0n) is 17.2. The van der Waals surface area contributed by atoms with Gasteiger partial charge in [0, 0.05) is 12.2 Å². The van der Waals surface area contributed by atoms with Gasteiger partial charge >= 0.3 is 6.18 Å². The first-order valence-electron chi connectivity index (χ1n) is 9.87. The van der Waals surface area contributed by atoms with Gasteiger partial charge < -0.3 is 29.7 Å². The molecule has 1 saturated heterocycles. The highest BCUT2D eigenvalue weighted by molar-refractivity contribution is 5.94. The predicted octanol–water partition coefficient (Wildman–Crippen LogP) is 2.36. The lowest BCUT2D eigenvalue weighted by molar-refractivity contribution is -0.164. The molecule has 1 fully saturated rings. The summed E-state index contributed by atoms with van der Waals surface area (Å²) >= 11 is 0. The third-order valence-electron chi connectivity index (χ3n) is 4.69. The molecule has 0 bridgehead atoms. The average Bonchev–Trinajstić information content (AvgIpc) is 2.76. The second kappa shape index (κ2) is 10.2. The number of alkyl halides is 3. The number of nitrogens with two attached hydrogens (primary N) is 1. The molecular formula is C21H23F3N2O6. The molecule has 1 aromatic carbocycles. The van der Waals surface area contributed by atoms with E-state index in [1.165, 1.54) is 24.3 Å². The van der Waals surface area contributed by atoms with Gasteiger partial charge in [0.05, 0.1) is 19.8 Å². The van der Waals surface area contributed by atoms with Crippen molar-refractivity contribution in [2.75, 3.05) is 33.0 Å². The van der Waals surface area contributed by atoms with E-state index in [1.54, 1.807) is 4.98 Å². The second-order valence-corrected chi connectivity index (χ2v) is 7.08. The molecule has 1 aliphatic rings. The van der Waals surface area contributed by atoms with Crippen LogP contribution in [0.15, 0.2) is 35.1 Å². The monoisotopic (exact) mass is 456 g/mol. The number of halogens is 3. The lowest BCUT2D eigenvalue weighted by Crippen LogP contribution is -2.41. The van der Waals surface area contributed by atoms with Crippen LogP contribution in [0.4, 0.5) is 13.2 Å². The molecule has 174 valence electrons. The molecule has 0 radical (unpaired) electrons. The van der Waals surface area contributed by atoms with E-state index < -0.39 is 28.9 Å². The third-order valence-corrected chi connectivity index (χ3v) is 4.69. The zero-order valence-corrected chi connectivity index (χ0v) is 17.2. The molecule has 2 unspecified atom stereocenters. The molecule has 2 aromatic rings. The van der Waals surface area contributed by atoms with Gasteiger partial charge in [0.2, 0.25) is 0 Å². The van der Waals surface area contributed by atoms with Gasteiger partial charge in [-0.2, -0.15) is 13.2 Å². The normalized spacial score (nSPS) is 19.0. The quantitative estimate of drug-likeness (QED) is 0.631. The van der Waals surface area contributed by atoms with Crippen molar-refractivity contribution in [1.29, 1.82) is 0 Å². The highest BCUT2D eigenvalue weighted by Gasteiger charge is 2.36. The van der Waals surface area contributed by atoms with Crippen LogP contribution in [0.1, 0.15) is 23.0 Å². The van der Waals surface area contributed by atoms with Crippen molar-refractivity contribution in [1.82, 2.24) is 4.98 Å². The number of amides is 1. The van der Waals surface area contributed by atoms with Crippen LogP contribution in [0.5, 0.6) is 5.75 Å². The van der Waals surface area contributed by atoms with Crippen molar-refractivity contribution in [2.24, 2.45) is 5.73 Å². The fourth-order valence-corrected chi connectivity index (χ4v) is 3.19. The Labute approximate surface area is 181 Å². The van der Waals surface area contributed by atoms with Gasteiger partial charge in [-0.25, -0.2) is 0 Å². The number of hydrogen-bond acceptors (Lipinski definition) is 6. The van der Waals surface area contributed by atoms with Crippen molar-refractivity contribution < 1.29 is 36.9 Å². The van der Waals surface area contributed by atoms with Crippen molar-refractivity contribution in [3.8, 4) is 16.9 Å². The van der Waals surface area contributed by atoms with Gasteiger partial charge in [-0.3, -0.25) is 9.59 Å². The lowest BCUT2D eigenvalue weighted by atomic mass is 10.0. The van der Waals surface area contributed by atoms with Crippen LogP contribution < -0.4 is 16.0 Å². The molecule has 2 atom stereocenters. The number of pyridine rings is 1. The largest absolute Gasteiger partial charge is 0.491 e. The van der Waals surface area contributed by atoms with E-state index in [4.69, 9.17) is 24.7 Å². The maximum absolute atomic E-state index is 13.4. The molecule has 2 heterocycles. The van der Waals surface area contributed by atoms with Gasteiger partial charge in [0.1, 0.15) is 35.8 Å². The van der Waals surface area contributed by atoms with E-state index in [1.807, 2.05) is 6.92 Å². The first-order chi connectivity index (χ1) is 15.2. The fraction of sp³-hybridized carbons (Fsp3) is 0.429. The van der Waals surface area contributed by atoms with Gasteiger partial charge in [0.25, 0.3) is 11.5 Å². The molecule has 3 N–H and O–H groups in total. The zero-order chi connectivity index (χ0) is 23.3. The summed E-state index contributed by atoms with van der Waals surface area (Å²) in [5.41, 5.74) is 1.81.